The number of nitrogen functional groups attached to an aromatic ring is 1. The normalized spacial score (nSPS) is 10.2. The minimum absolute atomic E-state index is 0.418. The van der Waals surface area contributed by atoms with Crippen molar-refractivity contribution in [3.05, 3.63) is 41.5 Å². The molecule has 0 spiro atoms. The lowest BCUT2D eigenvalue weighted by molar-refractivity contribution is 0.691. The number of nitriles is 1. The van der Waals surface area contributed by atoms with Gasteiger partial charge in [0.05, 0.1) is 6.54 Å². The molecule has 0 amide bonds. The van der Waals surface area contributed by atoms with Crippen LogP contribution in [-0.2, 0) is 6.54 Å². The van der Waals surface area contributed by atoms with Gasteiger partial charge in [0.15, 0.2) is 5.82 Å². The van der Waals surface area contributed by atoms with Crippen molar-refractivity contribution in [3.63, 3.8) is 0 Å². The van der Waals surface area contributed by atoms with E-state index in [2.05, 4.69) is 11.2 Å². The second-order valence-electron chi connectivity index (χ2n) is 4.35. The van der Waals surface area contributed by atoms with Gasteiger partial charge in [0.2, 0.25) is 0 Å². The maximum Gasteiger partial charge on any atom is 0.170 e. The van der Waals surface area contributed by atoms with E-state index >= 15 is 0 Å². The molecule has 1 aromatic carbocycles. The molecule has 1 heterocycles. The van der Waals surface area contributed by atoms with Crippen molar-refractivity contribution in [2.45, 2.75) is 13.5 Å². The summed E-state index contributed by atoms with van der Waals surface area (Å²) in [6.07, 6.45) is 0. The third-order valence-corrected chi connectivity index (χ3v) is 3.10. The van der Waals surface area contributed by atoms with E-state index in [1.54, 1.807) is 4.68 Å². The van der Waals surface area contributed by atoms with Gasteiger partial charge in [0.25, 0.3) is 0 Å². The van der Waals surface area contributed by atoms with Crippen LogP contribution in [0.5, 0.6) is 0 Å². The molecule has 0 atom stereocenters. The summed E-state index contributed by atoms with van der Waals surface area (Å²) in [5.74, 6) is 1.06. The minimum Gasteiger partial charge on any atom is -0.383 e. The average Bonchev–Trinajstić information content (AvgIpc) is 2.76. The lowest BCUT2D eigenvalue weighted by atomic mass is 10.2. The van der Waals surface area contributed by atoms with Crippen molar-refractivity contribution < 1.29 is 0 Å². The van der Waals surface area contributed by atoms with Gasteiger partial charge in [-0.1, -0.05) is 30.3 Å². The molecule has 0 bridgehead atoms. The molecule has 0 fully saturated rings. The van der Waals surface area contributed by atoms with Crippen LogP contribution in [0, 0.1) is 11.3 Å². The first-order valence-electron chi connectivity index (χ1n) is 6.18. The van der Waals surface area contributed by atoms with E-state index in [1.807, 2.05) is 49.2 Å². The first kappa shape index (κ1) is 13.0. The van der Waals surface area contributed by atoms with Crippen LogP contribution >= 0.6 is 0 Å². The summed E-state index contributed by atoms with van der Waals surface area (Å²) in [7, 11) is 1.90. The predicted molar refractivity (Wildman–Crippen MR) is 75.8 cm³/mol. The SMILES string of the molecule is CCN(C)c1nn(Cc2ccccc2)c(N)c1C#N. The summed E-state index contributed by atoms with van der Waals surface area (Å²) >= 11 is 0. The average molecular weight is 255 g/mol. The van der Waals surface area contributed by atoms with Crippen molar-refractivity contribution >= 4 is 11.6 Å². The van der Waals surface area contributed by atoms with E-state index in [1.165, 1.54) is 0 Å². The lowest BCUT2D eigenvalue weighted by Crippen LogP contribution is -2.17. The van der Waals surface area contributed by atoms with E-state index in [0.29, 0.717) is 23.7 Å². The highest BCUT2D eigenvalue weighted by molar-refractivity contribution is 5.64. The standard InChI is InChI=1S/C14H17N5/c1-3-18(2)14-12(9-15)13(16)19(17-14)10-11-7-5-4-6-8-11/h4-8H,3,10,16H2,1-2H3. The van der Waals surface area contributed by atoms with Gasteiger partial charge in [-0.15, -0.1) is 0 Å². The molecule has 98 valence electrons. The Morgan fingerprint density at radius 2 is 2.05 bits per heavy atom. The Labute approximate surface area is 112 Å². The molecule has 0 unspecified atom stereocenters. The summed E-state index contributed by atoms with van der Waals surface area (Å²) in [6, 6.07) is 12.1. The first-order valence-corrected chi connectivity index (χ1v) is 6.18. The van der Waals surface area contributed by atoms with Gasteiger partial charge in [0, 0.05) is 13.6 Å². The van der Waals surface area contributed by atoms with Gasteiger partial charge in [-0.25, -0.2) is 4.68 Å². The van der Waals surface area contributed by atoms with Gasteiger partial charge in [-0.05, 0) is 12.5 Å². The molecule has 5 nitrogen and oxygen atoms in total. The topological polar surface area (TPSA) is 70.9 Å². The van der Waals surface area contributed by atoms with Crippen molar-refractivity contribution in [1.29, 1.82) is 5.26 Å². The number of nitrogens with two attached hydrogens (primary N) is 1. The molecule has 0 saturated carbocycles. The Morgan fingerprint density at radius 1 is 1.37 bits per heavy atom. The van der Waals surface area contributed by atoms with Crippen LogP contribution in [0.4, 0.5) is 11.6 Å². The molecule has 19 heavy (non-hydrogen) atoms. The maximum atomic E-state index is 9.21. The van der Waals surface area contributed by atoms with Crippen LogP contribution < -0.4 is 10.6 Å². The van der Waals surface area contributed by atoms with Gasteiger partial charge in [-0.2, -0.15) is 10.4 Å². The highest BCUT2D eigenvalue weighted by Crippen LogP contribution is 2.24. The zero-order valence-corrected chi connectivity index (χ0v) is 11.2. The van der Waals surface area contributed by atoms with E-state index in [0.717, 1.165) is 12.1 Å². The molecule has 0 aliphatic carbocycles. The highest BCUT2D eigenvalue weighted by atomic mass is 15.4. The predicted octanol–water partition coefficient (Wildman–Crippen LogP) is 1.84. The fraction of sp³-hybridized carbons (Fsp3) is 0.286. The molecule has 2 aromatic rings. The van der Waals surface area contributed by atoms with Crippen LogP contribution in [0.3, 0.4) is 0 Å². The van der Waals surface area contributed by atoms with Gasteiger partial charge < -0.3 is 10.6 Å². The summed E-state index contributed by atoms with van der Waals surface area (Å²) < 4.78 is 1.68. The second-order valence-corrected chi connectivity index (χ2v) is 4.35. The zero-order chi connectivity index (χ0) is 13.8. The molecule has 0 aliphatic heterocycles. The molecule has 2 rings (SSSR count). The fourth-order valence-corrected chi connectivity index (χ4v) is 1.86. The molecule has 2 N–H and O–H groups in total. The number of nitrogens with zero attached hydrogens (tertiary/aromatic N) is 4. The Bertz CT molecular complexity index is 594. The van der Waals surface area contributed by atoms with Gasteiger partial charge in [0.1, 0.15) is 17.5 Å². The highest BCUT2D eigenvalue weighted by Gasteiger charge is 2.17. The van der Waals surface area contributed by atoms with Crippen LogP contribution in [0.2, 0.25) is 0 Å². The summed E-state index contributed by atoms with van der Waals surface area (Å²) in [6.45, 7) is 3.35. The molecule has 5 heteroatoms. The van der Waals surface area contributed by atoms with Crippen molar-refractivity contribution in [2.75, 3.05) is 24.2 Å². The van der Waals surface area contributed by atoms with Gasteiger partial charge in [-0.3, -0.25) is 0 Å². The number of anilines is 2. The van der Waals surface area contributed by atoms with Crippen LogP contribution in [0.15, 0.2) is 30.3 Å². The van der Waals surface area contributed by atoms with Gasteiger partial charge >= 0.3 is 0 Å². The van der Waals surface area contributed by atoms with Crippen LogP contribution in [-0.4, -0.2) is 23.4 Å². The molecule has 0 aliphatic rings. The van der Waals surface area contributed by atoms with Crippen molar-refractivity contribution in [1.82, 2.24) is 9.78 Å². The molecular formula is C14H17N5. The number of rotatable bonds is 4. The monoisotopic (exact) mass is 255 g/mol. The lowest BCUT2D eigenvalue weighted by Gasteiger charge is -2.12. The molecule has 0 saturated heterocycles. The zero-order valence-electron chi connectivity index (χ0n) is 11.2. The Hall–Kier alpha value is -2.48. The van der Waals surface area contributed by atoms with E-state index in [9.17, 15) is 5.26 Å². The smallest absolute Gasteiger partial charge is 0.170 e. The third-order valence-electron chi connectivity index (χ3n) is 3.10. The van der Waals surface area contributed by atoms with Crippen LogP contribution in [0.25, 0.3) is 0 Å². The van der Waals surface area contributed by atoms with Crippen LogP contribution in [0.1, 0.15) is 18.1 Å². The fourth-order valence-electron chi connectivity index (χ4n) is 1.86. The molecule has 1 aromatic heterocycles. The molecule has 0 radical (unpaired) electrons. The van der Waals surface area contributed by atoms with Crippen molar-refractivity contribution in [2.24, 2.45) is 0 Å². The van der Waals surface area contributed by atoms with E-state index in [-0.39, 0.29) is 0 Å². The summed E-state index contributed by atoms with van der Waals surface area (Å²) in [4.78, 5) is 1.91. The summed E-state index contributed by atoms with van der Waals surface area (Å²) in [5.41, 5.74) is 7.55. The van der Waals surface area contributed by atoms with E-state index < -0.39 is 0 Å². The largest absolute Gasteiger partial charge is 0.383 e. The second kappa shape index (κ2) is 5.44. The summed E-state index contributed by atoms with van der Waals surface area (Å²) in [5, 5.41) is 13.7. The Balaban J connectivity index is 2.37. The maximum absolute atomic E-state index is 9.21. The Morgan fingerprint density at radius 3 is 2.63 bits per heavy atom. The van der Waals surface area contributed by atoms with E-state index in [4.69, 9.17) is 5.73 Å². The number of hydrogen-bond acceptors (Lipinski definition) is 4. The molecular weight excluding hydrogens is 238 g/mol. The quantitative estimate of drug-likeness (QED) is 0.905. The number of aromatic nitrogens is 2. The first-order chi connectivity index (χ1) is 9.17. The minimum atomic E-state index is 0.418. The number of hydrogen-bond donors (Lipinski definition) is 1. The number of benzene rings is 1. The third kappa shape index (κ3) is 2.52. The Kier molecular flexibility index (Phi) is 3.71. The van der Waals surface area contributed by atoms with Crippen molar-refractivity contribution in [3.8, 4) is 6.07 Å².